The molecule has 0 saturated carbocycles. The molecule has 0 radical (unpaired) electrons. The lowest BCUT2D eigenvalue weighted by Gasteiger charge is -2.40. The van der Waals surface area contributed by atoms with Crippen molar-refractivity contribution in [1.82, 2.24) is 5.32 Å². The number of nitrogens with one attached hydrogen (secondary N) is 1. The van der Waals surface area contributed by atoms with Crippen molar-refractivity contribution in [1.29, 1.82) is 0 Å². The molecule has 236 valence electrons. The third kappa shape index (κ3) is 7.29. The van der Waals surface area contributed by atoms with Crippen LogP contribution in [0.3, 0.4) is 0 Å². The van der Waals surface area contributed by atoms with Crippen LogP contribution in [0.2, 0.25) is 0 Å². The number of rotatable bonds is 12. The fraction of sp³-hybridized carbons (Fsp3) is 0.486. The quantitative estimate of drug-likeness (QED) is 0.294. The number of ether oxygens (including phenoxy) is 5. The summed E-state index contributed by atoms with van der Waals surface area (Å²) in [5.74, 6) is 1.59. The molecular weight excluding hydrogens is 561 g/mol. The lowest BCUT2D eigenvalue weighted by atomic mass is 9.85. The van der Waals surface area contributed by atoms with Crippen LogP contribution in [0.25, 0.3) is 0 Å². The van der Waals surface area contributed by atoms with Gasteiger partial charge in [-0.3, -0.25) is 0 Å². The summed E-state index contributed by atoms with van der Waals surface area (Å²) in [5.41, 5.74) is 3.19. The predicted molar refractivity (Wildman–Crippen MR) is 170 cm³/mol. The second-order valence-corrected chi connectivity index (χ2v) is 11.9. The standard InChI is InChI=1S/C35H44FN3O5/c1-40-18-6-16-39-23-30(44-32-10-4-3-9-31(32)39)24-42-34-21-37-20-33(41-2)35(34)25-11-13-28(14-12-25)43-29-15-17-38(22-29)27-8-5-7-26(36)19-27/h3-5,7-14,19,29-30,33-35,37H,6,15-18,20-24H2,1-2H3. The van der Waals surface area contributed by atoms with Crippen molar-refractivity contribution in [3.05, 3.63) is 84.2 Å². The lowest BCUT2D eigenvalue weighted by Crippen LogP contribution is -2.52. The third-order valence-electron chi connectivity index (χ3n) is 8.88. The SMILES string of the molecule is COCCCN1CC(COC2CNCC(OC)C2c2ccc(OC3CCN(c4cccc(F)c4)C3)cc2)Oc2ccccc21. The van der Waals surface area contributed by atoms with E-state index in [4.69, 9.17) is 23.7 Å². The number of halogens is 1. The van der Waals surface area contributed by atoms with Crippen molar-refractivity contribution in [2.75, 3.05) is 76.5 Å². The van der Waals surface area contributed by atoms with E-state index >= 15 is 0 Å². The van der Waals surface area contributed by atoms with E-state index in [-0.39, 0.29) is 36.2 Å². The Hall–Kier alpha value is -3.37. The van der Waals surface area contributed by atoms with Crippen molar-refractivity contribution >= 4 is 11.4 Å². The molecule has 3 aliphatic rings. The van der Waals surface area contributed by atoms with Crippen molar-refractivity contribution in [3.63, 3.8) is 0 Å². The van der Waals surface area contributed by atoms with Gasteiger partial charge in [0.1, 0.15) is 29.5 Å². The topological polar surface area (TPSA) is 64.7 Å². The van der Waals surface area contributed by atoms with Gasteiger partial charge < -0.3 is 38.8 Å². The normalized spacial score (nSPS) is 25.0. The van der Waals surface area contributed by atoms with Gasteiger partial charge in [-0.05, 0) is 54.4 Å². The number of nitrogens with zero attached hydrogens (tertiary/aromatic N) is 2. The number of hydrogen-bond acceptors (Lipinski definition) is 8. The Bertz CT molecular complexity index is 1340. The van der Waals surface area contributed by atoms with Gasteiger partial charge in [0.05, 0.1) is 37.6 Å². The number of para-hydroxylation sites is 2. The molecule has 6 rings (SSSR count). The maximum atomic E-state index is 13.7. The average Bonchev–Trinajstić information content (AvgIpc) is 3.52. The molecule has 3 aromatic rings. The molecule has 0 aliphatic carbocycles. The van der Waals surface area contributed by atoms with Crippen LogP contribution in [0.15, 0.2) is 72.8 Å². The van der Waals surface area contributed by atoms with E-state index in [9.17, 15) is 4.39 Å². The Kier molecular flexibility index (Phi) is 10.2. The van der Waals surface area contributed by atoms with Gasteiger partial charge >= 0.3 is 0 Å². The maximum Gasteiger partial charge on any atom is 0.143 e. The highest BCUT2D eigenvalue weighted by atomic mass is 19.1. The number of anilines is 2. The molecule has 0 spiro atoms. The molecule has 8 nitrogen and oxygen atoms in total. The predicted octanol–water partition coefficient (Wildman–Crippen LogP) is 4.87. The Balaban J connectivity index is 1.08. The van der Waals surface area contributed by atoms with Crippen LogP contribution in [0.1, 0.15) is 24.3 Å². The lowest BCUT2D eigenvalue weighted by molar-refractivity contribution is -0.0597. The van der Waals surface area contributed by atoms with Crippen molar-refractivity contribution in [2.45, 2.75) is 43.2 Å². The van der Waals surface area contributed by atoms with E-state index in [1.165, 1.54) is 11.6 Å². The van der Waals surface area contributed by atoms with Crippen LogP contribution >= 0.6 is 0 Å². The van der Waals surface area contributed by atoms with Gasteiger partial charge in [0.15, 0.2) is 0 Å². The van der Waals surface area contributed by atoms with E-state index in [1.54, 1.807) is 26.4 Å². The summed E-state index contributed by atoms with van der Waals surface area (Å²) in [6, 6.07) is 23.3. The van der Waals surface area contributed by atoms with Gasteiger partial charge in [-0.25, -0.2) is 4.39 Å². The molecule has 44 heavy (non-hydrogen) atoms. The molecule has 5 atom stereocenters. The molecule has 1 N–H and O–H groups in total. The van der Waals surface area contributed by atoms with E-state index < -0.39 is 0 Å². The first-order valence-electron chi connectivity index (χ1n) is 15.7. The summed E-state index contributed by atoms with van der Waals surface area (Å²) in [6.07, 6.45) is 1.73. The van der Waals surface area contributed by atoms with Crippen molar-refractivity contribution in [3.8, 4) is 11.5 Å². The summed E-state index contributed by atoms with van der Waals surface area (Å²) in [5, 5.41) is 3.49. The molecule has 0 amide bonds. The fourth-order valence-corrected chi connectivity index (χ4v) is 6.68. The van der Waals surface area contributed by atoms with Gasteiger partial charge in [0.2, 0.25) is 0 Å². The summed E-state index contributed by atoms with van der Waals surface area (Å²) < 4.78 is 44.3. The molecule has 5 unspecified atom stereocenters. The van der Waals surface area contributed by atoms with Crippen molar-refractivity contribution in [2.24, 2.45) is 0 Å². The van der Waals surface area contributed by atoms with E-state index in [0.29, 0.717) is 6.61 Å². The number of fused-ring (bicyclic) bond motifs is 1. The van der Waals surface area contributed by atoms with Gasteiger partial charge in [-0.2, -0.15) is 0 Å². The third-order valence-corrected chi connectivity index (χ3v) is 8.88. The average molecular weight is 606 g/mol. The summed E-state index contributed by atoms with van der Waals surface area (Å²) in [4.78, 5) is 4.55. The zero-order valence-electron chi connectivity index (χ0n) is 25.7. The van der Waals surface area contributed by atoms with Gasteiger partial charge in [-0.1, -0.05) is 30.3 Å². The smallest absolute Gasteiger partial charge is 0.143 e. The minimum Gasteiger partial charge on any atom is -0.489 e. The van der Waals surface area contributed by atoms with Gasteiger partial charge in [0.25, 0.3) is 0 Å². The van der Waals surface area contributed by atoms with Crippen LogP contribution in [-0.4, -0.2) is 91.1 Å². The molecular formula is C35H44FN3O5. The zero-order chi connectivity index (χ0) is 30.3. The number of methoxy groups -OCH3 is 2. The summed E-state index contributed by atoms with van der Waals surface area (Å²) in [7, 11) is 3.51. The molecule has 2 saturated heterocycles. The molecule has 0 aromatic heterocycles. The second kappa shape index (κ2) is 14.6. The fourth-order valence-electron chi connectivity index (χ4n) is 6.68. The summed E-state index contributed by atoms with van der Waals surface area (Å²) in [6.45, 7) is 5.96. The zero-order valence-corrected chi connectivity index (χ0v) is 25.7. The highest BCUT2D eigenvalue weighted by Gasteiger charge is 2.37. The Morgan fingerprint density at radius 1 is 0.955 bits per heavy atom. The molecule has 3 aromatic carbocycles. The van der Waals surface area contributed by atoms with Crippen LogP contribution in [0.4, 0.5) is 15.8 Å². The Morgan fingerprint density at radius 2 is 1.80 bits per heavy atom. The Morgan fingerprint density at radius 3 is 2.61 bits per heavy atom. The number of hydrogen-bond donors (Lipinski definition) is 1. The van der Waals surface area contributed by atoms with Gasteiger partial charge in [0, 0.05) is 65.0 Å². The summed E-state index contributed by atoms with van der Waals surface area (Å²) >= 11 is 0. The molecule has 3 aliphatic heterocycles. The minimum atomic E-state index is -0.214. The van der Waals surface area contributed by atoms with Crippen LogP contribution < -0.4 is 24.6 Å². The number of piperidine rings is 1. The monoisotopic (exact) mass is 605 g/mol. The maximum absolute atomic E-state index is 13.7. The Labute approximate surface area is 260 Å². The first-order valence-corrected chi connectivity index (χ1v) is 15.7. The van der Waals surface area contributed by atoms with E-state index in [1.807, 2.05) is 30.3 Å². The van der Waals surface area contributed by atoms with E-state index in [2.05, 4.69) is 39.4 Å². The molecule has 0 bridgehead atoms. The highest BCUT2D eigenvalue weighted by molar-refractivity contribution is 5.60. The number of benzene rings is 3. The largest absolute Gasteiger partial charge is 0.489 e. The van der Waals surface area contributed by atoms with Crippen LogP contribution in [-0.2, 0) is 14.2 Å². The van der Waals surface area contributed by atoms with E-state index in [0.717, 1.165) is 81.6 Å². The van der Waals surface area contributed by atoms with Gasteiger partial charge in [-0.15, -0.1) is 0 Å². The van der Waals surface area contributed by atoms with Crippen LogP contribution in [0, 0.1) is 5.82 Å². The van der Waals surface area contributed by atoms with Crippen LogP contribution in [0.5, 0.6) is 11.5 Å². The molecule has 9 heteroatoms. The first-order chi connectivity index (χ1) is 21.6. The molecule has 3 heterocycles. The van der Waals surface area contributed by atoms with Crippen molar-refractivity contribution < 1.29 is 28.1 Å². The highest BCUT2D eigenvalue weighted by Crippen LogP contribution is 2.35. The molecule has 2 fully saturated rings. The first kappa shape index (κ1) is 30.6. The second-order valence-electron chi connectivity index (χ2n) is 11.9. The minimum absolute atomic E-state index is 0.0197.